The van der Waals surface area contributed by atoms with E-state index in [9.17, 15) is 4.79 Å². The quantitative estimate of drug-likeness (QED) is 0.765. The van der Waals surface area contributed by atoms with Gasteiger partial charge in [-0.3, -0.25) is 0 Å². The topological polar surface area (TPSA) is 59.4 Å². The number of benzene rings is 1. The molecule has 1 aromatic heterocycles. The molecule has 0 aliphatic rings. The van der Waals surface area contributed by atoms with Crippen LogP contribution >= 0.6 is 38.5 Å². The second kappa shape index (κ2) is 5.66. The Labute approximate surface area is 125 Å². The Hall–Kier alpha value is -1.15. The van der Waals surface area contributed by atoms with Crippen LogP contribution in [0.25, 0.3) is 0 Å². The summed E-state index contributed by atoms with van der Waals surface area (Å²) in [6.45, 7) is 0. The molecule has 0 aliphatic carbocycles. The van der Waals surface area contributed by atoms with Crippen LogP contribution in [0.2, 0.25) is 0 Å². The Bertz CT molecular complexity index is 604. The molecule has 0 radical (unpaired) electrons. The number of hydrogen-bond acceptors (Lipinski definition) is 3. The third-order valence-corrected chi connectivity index (χ3v) is 3.60. The number of pyridine rings is 1. The molecule has 0 spiro atoms. The fourth-order valence-electron chi connectivity index (χ4n) is 1.27. The van der Waals surface area contributed by atoms with Gasteiger partial charge in [0.2, 0.25) is 5.88 Å². The first kappa shape index (κ1) is 13.3. The molecule has 1 heterocycles. The van der Waals surface area contributed by atoms with E-state index in [0.717, 1.165) is 3.57 Å². The first-order chi connectivity index (χ1) is 8.58. The second-order valence-corrected chi connectivity index (χ2v) is 5.36. The van der Waals surface area contributed by atoms with E-state index in [4.69, 9.17) is 9.84 Å². The van der Waals surface area contributed by atoms with Gasteiger partial charge in [0, 0.05) is 6.20 Å². The van der Waals surface area contributed by atoms with E-state index in [1.54, 1.807) is 24.4 Å². The van der Waals surface area contributed by atoms with Crippen LogP contribution in [0.5, 0.6) is 11.6 Å². The summed E-state index contributed by atoms with van der Waals surface area (Å²) in [5.41, 5.74) is 0.178. The lowest BCUT2D eigenvalue weighted by Gasteiger charge is -2.08. The number of nitrogens with zero attached hydrogens (tertiary/aromatic N) is 1. The van der Waals surface area contributed by atoms with Crippen LogP contribution in [-0.2, 0) is 0 Å². The summed E-state index contributed by atoms with van der Waals surface area (Å²) in [6, 6.07) is 8.28. The minimum atomic E-state index is -0.990. The molecule has 92 valence electrons. The number of ether oxygens (including phenoxy) is 1. The molecule has 0 aliphatic heterocycles. The highest BCUT2D eigenvalue weighted by molar-refractivity contribution is 14.1. The van der Waals surface area contributed by atoms with Crippen molar-refractivity contribution in [2.45, 2.75) is 0 Å². The number of halogens is 2. The fraction of sp³-hybridized carbons (Fsp3) is 0. The largest absolute Gasteiger partial charge is 0.478 e. The SMILES string of the molecule is O=C(O)c1ccc(I)c(Oc2ncccc2Br)c1. The van der Waals surface area contributed by atoms with E-state index in [1.807, 2.05) is 0 Å². The summed E-state index contributed by atoms with van der Waals surface area (Å²) >= 11 is 5.40. The molecule has 2 rings (SSSR count). The van der Waals surface area contributed by atoms with Crippen LogP contribution in [0.15, 0.2) is 41.0 Å². The Balaban J connectivity index is 2.37. The molecule has 18 heavy (non-hydrogen) atoms. The summed E-state index contributed by atoms with van der Waals surface area (Å²) in [5.74, 6) is -0.121. The maximum absolute atomic E-state index is 10.9. The van der Waals surface area contributed by atoms with Gasteiger partial charge < -0.3 is 9.84 Å². The van der Waals surface area contributed by atoms with Gasteiger partial charge in [0.05, 0.1) is 13.6 Å². The van der Waals surface area contributed by atoms with Crippen molar-refractivity contribution in [3.05, 3.63) is 50.1 Å². The zero-order valence-corrected chi connectivity index (χ0v) is 12.7. The Morgan fingerprint density at radius 1 is 1.39 bits per heavy atom. The van der Waals surface area contributed by atoms with Crippen molar-refractivity contribution in [3.8, 4) is 11.6 Å². The highest BCUT2D eigenvalue weighted by Crippen LogP contribution is 2.30. The Morgan fingerprint density at radius 3 is 2.83 bits per heavy atom. The van der Waals surface area contributed by atoms with Gasteiger partial charge in [0.25, 0.3) is 0 Å². The monoisotopic (exact) mass is 419 g/mol. The van der Waals surface area contributed by atoms with Crippen LogP contribution in [-0.4, -0.2) is 16.1 Å². The lowest BCUT2D eigenvalue weighted by molar-refractivity contribution is 0.0696. The van der Waals surface area contributed by atoms with Crippen molar-refractivity contribution in [1.82, 2.24) is 4.98 Å². The molecule has 0 bridgehead atoms. The summed E-state index contributed by atoms with van der Waals surface area (Å²) < 4.78 is 7.13. The maximum Gasteiger partial charge on any atom is 0.335 e. The average Bonchev–Trinajstić information content (AvgIpc) is 2.34. The maximum atomic E-state index is 10.9. The summed E-state index contributed by atoms with van der Waals surface area (Å²) in [6.07, 6.45) is 1.61. The molecule has 4 nitrogen and oxygen atoms in total. The van der Waals surface area contributed by atoms with Crippen molar-refractivity contribution in [2.75, 3.05) is 0 Å². The first-order valence-corrected chi connectivity index (χ1v) is 6.76. The number of hydrogen-bond donors (Lipinski definition) is 1. The van der Waals surface area contributed by atoms with Gasteiger partial charge >= 0.3 is 5.97 Å². The van der Waals surface area contributed by atoms with Crippen molar-refractivity contribution in [2.24, 2.45) is 0 Å². The number of carbonyl (C=O) groups is 1. The molecule has 0 unspecified atom stereocenters. The minimum Gasteiger partial charge on any atom is -0.478 e. The molecular formula is C12H7BrINO3. The van der Waals surface area contributed by atoms with Crippen molar-refractivity contribution in [3.63, 3.8) is 0 Å². The minimum absolute atomic E-state index is 0.178. The molecule has 0 amide bonds. The van der Waals surface area contributed by atoms with Gasteiger partial charge in [-0.25, -0.2) is 9.78 Å². The summed E-state index contributed by atoms with van der Waals surface area (Å²) in [5, 5.41) is 8.94. The summed E-state index contributed by atoms with van der Waals surface area (Å²) in [7, 11) is 0. The normalized spacial score (nSPS) is 10.1. The van der Waals surface area contributed by atoms with Gasteiger partial charge in [-0.2, -0.15) is 0 Å². The number of carboxylic acids is 1. The van der Waals surface area contributed by atoms with Gasteiger partial charge in [0.15, 0.2) is 0 Å². The predicted molar refractivity (Wildman–Crippen MR) is 78.1 cm³/mol. The van der Waals surface area contributed by atoms with E-state index in [-0.39, 0.29) is 5.56 Å². The number of rotatable bonds is 3. The molecule has 0 fully saturated rings. The van der Waals surface area contributed by atoms with E-state index in [0.29, 0.717) is 16.1 Å². The van der Waals surface area contributed by atoms with Crippen LogP contribution in [0, 0.1) is 3.57 Å². The van der Waals surface area contributed by atoms with Crippen LogP contribution in [0.3, 0.4) is 0 Å². The van der Waals surface area contributed by atoms with Crippen LogP contribution in [0.4, 0.5) is 0 Å². The highest BCUT2D eigenvalue weighted by Gasteiger charge is 2.10. The van der Waals surface area contributed by atoms with Crippen molar-refractivity contribution in [1.29, 1.82) is 0 Å². The molecule has 1 N–H and O–H groups in total. The van der Waals surface area contributed by atoms with E-state index in [2.05, 4.69) is 43.5 Å². The van der Waals surface area contributed by atoms with Gasteiger partial charge in [0.1, 0.15) is 5.75 Å². The van der Waals surface area contributed by atoms with Crippen LogP contribution in [0.1, 0.15) is 10.4 Å². The van der Waals surface area contributed by atoms with E-state index >= 15 is 0 Å². The molecular weight excluding hydrogens is 413 g/mol. The number of aromatic carboxylic acids is 1. The van der Waals surface area contributed by atoms with E-state index in [1.165, 1.54) is 12.1 Å². The zero-order chi connectivity index (χ0) is 13.1. The third kappa shape index (κ3) is 2.99. The molecule has 6 heteroatoms. The first-order valence-electron chi connectivity index (χ1n) is 4.89. The number of carboxylic acid groups (broad SMARTS) is 1. The van der Waals surface area contributed by atoms with Crippen LogP contribution < -0.4 is 4.74 Å². The predicted octanol–water partition coefficient (Wildman–Crippen LogP) is 3.94. The molecule has 0 atom stereocenters. The zero-order valence-electron chi connectivity index (χ0n) is 8.93. The van der Waals surface area contributed by atoms with Gasteiger partial charge in [-0.05, 0) is 68.9 Å². The Morgan fingerprint density at radius 2 is 2.17 bits per heavy atom. The van der Waals surface area contributed by atoms with E-state index < -0.39 is 5.97 Å². The lowest BCUT2D eigenvalue weighted by Crippen LogP contribution is -1.98. The van der Waals surface area contributed by atoms with Gasteiger partial charge in [-0.1, -0.05) is 0 Å². The molecule has 1 aromatic carbocycles. The van der Waals surface area contributed by atoms with Crippen molar-refractivity contribution < 1.29 is 14.6 Å². The molecule has 2 aromatic rings. The Kier molecular flexibility index (Phi) is 4.18. The number of aromatic nitrogens is 1. The molecule has 0 saturated heterocycles. The standard InChI is InChI=1S/C12H7BrINO3/c13-8-2-1-5-15-11(8)18-10-6-7(12(16)17)3-4-9(10)14/h1-6H,(H,16,17). The van der Waals surface area contributed by atoms with Gasteiger partial charge in [-0.15, -0.1) is 0 Å². The van der Waals surface area contributed by atoms with Crippen molar-refractivity contribution >= 4 is 44.5 Å². The average molecular weight is 420 g/mol. The molecule has 0 saturated carbocycles. The fourth-order valence-corrected chi connectivity index (χ4v) is 2.05. The summed E-state index contributed by atoms with van der Waals surface area (Å²) in [4.78, 5) is 15.0. The lowest BCUT2D eigenvalue weighted by atomic mass is 10.2. The third-order valence-electron chi connectivity index (χ3n) is 2.11. The smallest absolute Gasteiger partial charge is 0.335 e. The highest BCUT2D eigenvalue weighted by atomic mass is 127. The second-order valence-electron chi connectivity index (χ2n) is 3.34.